The van der Waals surface area contributed by atoms with E-state index in [1.807, 2.05) is 24.3 Å². The van der Waals surface area contributed by atoms with Crippen molar-refractivity contribution in [3.63, 3.8) is 0 Å². The summed E-state index contributed by atoms with van der Waals surface area (Å²) in [5.41, 5.74) is 1.87. The maximum Gasteiger partial charge on any atom is 0.268 e. The molecule has 3 heterocycles. The number of nitrogens with one attached hydrogen (secondary N) is 3. The molecule has 0 fully saturated rings. The van der Waals surface area contributed by atoms with Crippen molar-refractivity contribution in [2.45, 2.75) is 89.1 Å². The number of benzene rings is 1. The monoisotopic (exact) mass is 479 g/mol. The Balaban J connectivity index is 1.42. The summed E-state index contributed by atoms with van der Waals surface area (Å²) in [6, 6.07) is 10.4. The lowest BCUT2D eigenvalue weighted by Gasteiger charge is -2.22. The molecule has 2 atom stereocenters. The zero-order chi connectivity index (χ0) is 24.5. The van der Waals surface area contributed by atoms with Crippen molar-refractivity contribution in [3.8, 4) is 5.75 Å². The predicted molar refractivity (Wildman–Crippen MR) is 135 cm³/mol. The van der Waals surface area contributed by atoms with Crippen LogP contribution in [-0.2, 0) is 11.2 Å². The van der Waals surface area contributed by atoms with Crippen LogP contribution >= 0.6 is 0 Å². The Kier molecular flexibility index (Phi) is 8.98. The maximum atomic E-state index is 13.3. The van der Waals surface area contributed by atoms with Crippen molar-refractivity contribution in [1.29, 1.82) is 0 Å². The van der Waals surface area contributed by atoms with Crippen LogP contribution in [0.15, 0.2) is 36.4 Å². The minimum absolute atomic E-state index is 0.0245. The topological polar surface area (TPSA) is 100 Å². The largest absolute Gasteiger partial charge is 0.491 e. The summed E-state index contributed by atoms with van der Waals surface area (Å²) in [5, 5.41) is 6.00. The molecule has 0 saturated carbocycles. The van der Waals surface area contributed by atoms with Crippen LogP contribution in [0.25, 0.3) is 0 Å². The molecule has 2 aliphatic heterocycles. The third-order valence-electron chi connectivity index (χ3n) is 6.93. The Morgan fingerprint density at radius 3 is 2.40 bits per heavy atom. The Labute approximate surface area is 207 Å². The number of aromatic nitrogens is 1. The molecule has 35 heavy (non-hydrogen) atoms. The van der Waals surface area contributed by atoms with E-state index in [2.05, 4.69) is 15.6 Å². The first kappa shape index (κ1) is 25.0. The number of H-pyrrole nitrogens is 1. The van der Waals surface area contributed by atoms with Crippen LogP contribution in [0.3, 0.4) is 0 Å². The summed E-state index contributed by atoms with van der Waals surface area (Å²) in [7, 11) is 0. The van der Waals surface area contributed by atoms with Gasteiger partial charge in [0.15, 0.2) is 5.78 Å². The molecule has 0 aliphatic carbocycles. The average Bonchev–Trinajstić information content (AvgIpc) is 3.30. The van der Waals surface area contributed by atoms with Gasteiger partial charge in [-0.2, -0.15) is 0 Å². The van der Waals surface area contributed by atoms with Crippen LogP contribution in [0.4, 0.5) is 0 Å². The number of carbonyl (C=O) groups is 3. The van der Waals surface area contributed by atoms with Gasteiger partial charge in [-0.05, 0) is 49.1 Å². The second-order valence-corrected chi connectivity index (χ2v) is 9.82. The molecular weight excluding hydrogens is 442 g/mol. The summed E-state index contributed by atoms with van der Waals surface area (Å²) in [4.78, 5) is 41.7. The highest BCUT2D eigenvalue weighted by molar-refractivity contribution is 5.99. The minimum Gasteiger partial charge on any atom is -0.491 e. The number of ether oxygens (including phenoxy) is 1. The molecule has 4 bridgehead atoms. The third-order valence-corrected chi connectivity index (χ3v) is 6.93. The van der Waals surface area contributed by atoms with Gasteiger partial charge in [-0.15, -0.1) is 0 Å². The molecule has 2 aromatic rings. The van der Waals surface area contributed by atoms with Crippen molar-refractivity contribution in [1.82, 2.24) is 15.6 Å². The van der Waals surface area contributed by atoms with Gasteiger partial charge in [0, 0.05) is 6.42 Å². The zero-order valence-corrected chi connectivity index (χ0v) is 20.4. The van der Waals surface area contributed by atoms with Gasteiger partial charge in [-0.3, -0.25) is 14.4 Å². The highest BCUT2D eigenvalue weighted by atomic mass is 16.5. The number of hydrogen-bond donors (Lipinski definition) is 3. The molecule has 3 N–H and O–H groups in total. The van der Waals surface area contributed by atoms with E-state index >= 15 is 0 Å². The normalized spacial score (nSPS) is 22.6. The fraction of sp³-hybridized carbons (Fsp3) is 0.536. The van der Waals surface area contributed by atoms with E-state index < -0.39 is 6.04 Å². The summed E-state index contributed by atoms with van der Waals surface area (Å²) in [6.45, 7) is 0.391. The van der Waals surface area contributed by atoms with Gasteiger partial charge in [0.05, 0.1) is 11.7 Å². The molecular formula is C28H37N3O4. The highest BCUT2D eigenvalue weighted by Crippen LogP contribution is 2.19. The molecule has 2 aliphatic rings. The fourth-order valence-corrected chi connectivity index (χ4v) is 4.90. The van der Waals surface area contributed by atoms with Gasteiger partial charge in [0.2, 0.25) is 5.91 Å². The molecule has 0 saturated heterocycles. The number of amides is 2. The molecule has 1 unspecified atom stereocenters. The van der Waals surface area contributed by atoms with Crippen LogP contribution in [-0.4, -0.2) is 41.3 Å². The molecule has 1 aromatic heterocycles. The minimum atomic E-state index is -0.643. The Hall–Kier alpha value is -3.09. The van der Waals surface area contributed by atoms with Gasteiger partial charge in [-0.25, -0.2) is 0 Å². The predicted octanol–water partition coefficient (Wildman–Crippen LogP) is 4.72. The molecule has 0 radical (unpaired) electrons. The quantitative estimate of drug-likeness (QED) is 0.580. The summed E-state index contributed by atoms with van der Waals surface area (Å²) < 4.78 is 5.80. The molecule has 1 aromatic carbocycles. The number of hydrogen-bond acceptors (Lipinski definition) is 4. The molecule has 0 spiro atoms. The lowest BCUT2D eigenvalue weighted by Crippen LogP contribution is -2.51. The number of Topliss-reactive ketones (excluding diaryl/α,β-unsaturated/α-hetero) is 1. The first-order valence-corrected chi connectivity index (χ1v) is 13.1. The van der Waals surface area contributed by atoms with Crippen LogP contribution < -0.4 is 15.4 Å². The van der Waals surface area contributed by atoms with E-state index in [0.717, 1.165) is 49.8 Å². The van der Waals surface area contributed by atoms with Gasteiger partial charge >= 0.3 is 0 Å². The van der Waals surface area contributed by atoms with Crippen LogP contribution in [0.2, 0.25) is 0 Å². The lowest BCUT2D eigenvalue weighted by atomic mass is 10.0. The lowest BCUT2D eigenvalue weighted by molar-refractivity contribution is -0.124. The zero-order valence-electron chi connectivity index (χ0n) is 20.4. The van der Waals surface area contributed by atoms with Crippen molar-refractivity contribution < 1.29 is 19.1 Å². The summed E-state index contributed by atoms with van der Waals surface area (Å²) in [6.07, 6.45) is 11.5. The van der Waals surface area contributed by atoms with Crippen LogP contribution in [0, 0.1) is 0 Å². The van der Waals surface area contributed by atoms with E-state index in [9.17, 15) is 14.4 Å². The Morgan fingerprint density at radius 2 is 1.60 bits per heavy atom. The maximum absolute atomic E-state index is 13.3. The van der Waals surface area contributed by atoms with E-state index in [4.69, 9.17) is 4.74 Å². The molecule has 7 nitrogen and oxygen atoms in total. The van der Waals surface area contributed by atoms with Gasteiger partial charge in [-0.1, -0.05) is 63.5 Å². The van der Waals surface area contributed by atoms with Crippen molar-refractivity contribution in [2.24, 2.45) is 0 Å². The smallest absolute Gasteiger partial charge is 0.268 e. The van der Waals surface area contributed by atoms with Crippen molar-refractivity contribution in [3.05, 3.63) is 53.3 Å². The number of aromatic amines is 1. The highest BCUT2D eigenvalue weighted by Gasteiger charge is 2.26. The molecule has 2 amide bonds. The molecule has 4 rings (SSSR count). The second-order valence-electron chi connectivity index (χ2n) is 9.82. The summed E-state index contributed by atoms with van der Waals surface area (Å²) in [5.74, 6) is 0.269. The Bertz CT molecular complexity index is 1020. The van der Waals surface area contributed by atoms with E-state index in [1.165, 1.54) is 19.3 Å². The van der Waals surface area contributed by atoms with Crippen LogP contribution in [0.5, 0.6) is 5.75 Å². The Morgan fingerprint density at radius 1 is 0.886 bits per heavy atom. The van der Waals surface area contributed by atoms with Gasteiger partial charge < -0.3 is 20.4 Å². The SMILES string of the molecule is O=C1CCCCCCCCCCC[C@@H](C(=O)NC2COc3cccc(c3)C2)NC(=O)c2ccc1[nH]2. The first-order chi connectivity index (χ1) is 17.1. The number of carbonyl (C=O) groups excluding carboxylic acids is 3. The third kappa shape index (κ3) is 7.44. The summed E-state index contributed by atoms with van der Waals surface area (Å²) >= 11 is 0. The first-order valence-electron chi connectivity index (χ1n) is 13.1. The van der Waals surface area contributed by atoms with Crippen LogP contribution in [0.1, 0.15) is 97.2 Å². The van der Waals surface area contributed by atoms with E-state index in [1.54, 1.807) is 12.1 Å². The van der Waals surface area contributed by atoms with Gasteiger partial charge in [0.1, 0.15) is 24.1 Å². The van der Waals surface area contributed by atoms with E-state index in [0.29, 0.717) is 37.3 Å². The standard InChI is InChI=1S/C28H37N3O4/c32-26-14-9-7-5-3-1-2-4-6-8-13-24(31-28(34)25-16-15-23(26)30-25)27(33)29-21-17-20-11-10-12-22(18-20)35-19-21/h10-12,15-16,18,21,24,30H,1-9,13-14,17,19H2,(H,29,33)(H,31,34)/t21?,24-/m0/s1. The van der Waals surface area contributed by atoms with Gasteiger partial charge in [0.25, 0.3) is 5.91 Å². The second kappa shape index (κ2) is 12.6. The van der Waals surface area contributed by atoms with Crippen molar-refractivity contribution in [2.75, 3.05) is 6.61 Å². The number of fused-ring (bicyclic) bond motifs is 4. The van der Waals surface area contributed by atoms with Crippen molar-refractivity contribution >= 4 is 17.6 Å². The average molecular weight is 480 g/mol. The molecule has 7 heteroatoms. The van der Waals surface area contributed by atoms with E-state index in [-0.39, 0.29) is 23.6 Å². The number of ketones is 1. The fourth-order valence-electron chi connectivity index (χ4n) is 4.90. The number of rotatable bonds is 2. The molecule has 188 valence electrons.